The fraction of sp³-hybridized carbons (Fsp3) is 0.824. The number of aromatic nitrogens is 3. The molecule has 4 rings (SSSR count). The second-order valence-electron chi connectivity index (χ2n) is 7.46. The van der Waals surface area contributed by atoms with Crippen molar-refractivity contribution in [1.29, 1.82) is 0 Å². The fourth-order valence-electron chi connectivity index (χ4n) is 5.13. The molecule has 0 aromatic carbocycles. The van der Waals surface area contributed by atoms with Crippen molar-refractivity contribution in [1.82, 2.24) is 19.7 Å². The fourth-order valence-corrected chi connectivity index (χ4v) is 5.13. The molecule has 0 spiro atoms. The molecule has 1 amide bonds. The van der Waals surface area contributed by atoms with Gasteiger partial charge in [0, 0.05) is 19.0 Å². The molecule has 5 heteroatoms. The van der Waals surface area contributed by atoms with Crippen molar-refractivity contribution in [2.24, 2.45) is 17.8 Å². The number of nitrogens with zero attached hydrogens (tertiary/aromatic N) is 4. The van der Waals surface area contributed by atoms with E-state index in [0.717, 1.165) is 24.3 Å². The average Bonchev–Trinajstić information content (AvgIpc) is 3.29. The molecule has 5 nitrogen and oxygen atoms in total. The molecule has 1 aromatic rings. The molecular weight excluding hydrogens is 276 g/mol. The van der Waals surface area contributed by atoms with E-state index in [1.807, 2.05) is 0 Å². The first kappa shape index (κ1) is 14.2. The summed E-state index contributed by atoms with van der Waals surface area (Å²) in [6, 6.07) is 0.507. The summed E-state index contributed by atoms with van der Waals surface area (Å²) < 4.78 is 1.75. The molecule has 0 radical (unpaired) electrons. The third-order valence-electron chi connectivity index (χ3n) is 6.18. The van der Waals surface area contributed by atoms with Gasteiger partial charge in [0.25, 0.3) is 0 Å². The third-order valence-corrected chi connectivity index (χ3v) is 6.18. The summed E-state index contributed by atoms with van der Waals surface area (Å²) in [7, 11) is 0. The molecule has 4 atom stereocenters. The Morgan fingerprint density at radius 1 is 1.23 bits per heavy atom. The van der Waals surface area contributed by atoms with Crippen LogP contribution in [0, 0.1) is 17.8 Å². The lowest BCUT2D eigenvalue weighted by Gasteiger charge is -2.30. The van der Waals surface area contributed by atoms with Gasteiger partial charge in [-0.1, -0.05) is 6.42 Å². The first-order valence-corrected chi connectivity index (χ1v) is 8.91. The number of hydrogen-bond acceptors (Lipinski definition) is 3. The summed E-state index contributed by atoms with van der Waals surface area (Å²) in [5.74, 6) is 3.18. The summed E-state index contributed by atoms with van der Waals surface area (Å²) >= 11 is 0. The van der Waals surface area contributed by atoms with Crippen LogP contribution in [0.25, 0.3) is 0 Å². The third kappa shape index (κ3) is 2.77. The lowest BCUT2D eigenvalue weighted by Crippen LogP contribution is -2.37. The van der Waals surface area contributed by atoms with Crippen molar-refractivity contribution in [3.05, 3.63) is 12.7 Å². The minimum Gasteiger partial charge on any atom is -0.340 e. The summed E-state index contributed by atoms with van der Waals surface area (Å²) in [5, 5.41) is 4.08. The molecule has 2 bridgehead atoms. The highest BCUT2D eigenvalue weighted by molar-refractivity contribution is 5.76. The van der Waals surface area contributed by atoms with Crippen LogP contribution >= 0.6 is 0 Å². The van der Waals surface area contributed by atoms with Gasteiger partial charge in [-0.3, -0.25) is 9.48 Å². The molecule has 1 saturated heterocycles. The number of rotatable bonds is 5. The van der Waals surface area contributed by atoms with Gasteiger partial charge in [-0.05, 0) is 56.3 Å². The zero-order valence-electron chi connectivity index (χ0n) is 13.2. The van der Waals surface area contributed by atoms with E-state index >= 15 is 0 Å². The van der Waals surface area contributed by atoms with Gasteiger partial charge in [0.1, 0.15) is 12.7 Å². The monoisotopic (exact) mass is 302 g/mol. The largest absolute Gasteiger partial charge is 0.340 e. The van der Waals surface area contributed by atoms with E-state index in [0.29, 0.717) is 24.9 Å². The number of carbonyl (C=O) groups is 1. The highest BCUT2D eigenvalue weighted by Gasteiger charge is 2.41. The van der Waals surface area contributed by atoms with Gasteiger partial charge < -0.3 is 4.90 Å². The second-order valence-corrected chi connectivity index (χ2v) is 7.46. The Labute approximate surface area is 132 Å². The topological polar surface area (TPSA) is 51.0 Å². The quantitative estimate of drug-likeness (QED) is 0.839. The van der Waals surface area contributed by atoms with Gasteiger partial charge >= 0.3 is 0 Å². The molecular formula is C17H26N4O. The molecule has 3 aliphatic rings. The van der Waals surface area contributed by atoms with Crippen LogP contribution in [-0.2, 0) is 11.3 Å². The molecule has 2 heterocycles. The molecule has 0 N–H and O–H groups in total. The van der Waals surface area contributed by atoms with E-state index in [1.165, 1.54) is 51.3 Å². The molecule has 120 valence electrons. The van der Waals surface area contributed by atoms with E-state index in [-0.39, 0.29) is 0 Å². The van der Waals surface area contributed by atoms with Gasteiger partial charge in [0.05, 0.1) is 6.54 Å². The van der Waals surface area contributed by atoms with E-state index < -0.39 is 0 Å². The maximum absolute atomic E-state index is 12.5. The van der Waals surface area contributed by atoms with E-state index in [9.17, 15) is 4.79 Å². The molecule has 2 saturated carbocycles. The predicted octanol–water partition coefficient (Wildman–Crippen LogP) is 2.49. The van der Waals surface area contributed by atoms with Crippen LogP contribution in [0.2, 0.25) is 0 Å². The number of likely N-dealkylation sites (tertiary alicyclic amines) is 1. The maximum atomic E-state index is 12.5. The number of fused-ring (bicyclic) bond motifs is 2. The summed E-state index contributed by atoms with van der Waals surface area (Å²) in [6.45, 7) is 1.61. The number of amides is 1. The highest BCUT2D eigenvalue weighted by atomic mass is 16.2. The average molecular weight is 302 g/mol. The summed E-state index contributed by atoms with van der Waals surface area (Å²) in [6.07, 6.45) is 13.2. The molecule has 0 unspecified atom stereocenters. The second kappa shape index (κ2) is 6.01. The zero-order valence-corrected chi connectivity index (χ0v) is 13.2. The minimum atomic E-state index is 0.307. The van der Waals surface area contributed by atoms with Crippen LogP contribution in [0.5, 0.6) is 0 Å². The predicted molar refractivity (Wildman–Crippen MR) is 82.9 cm³/mol. The van der Waals surface area contributed by atoms with Crippen LogP contribution in [0.4, 0.5) is 0 Å². The molecule has 1 aliphatic heterocycles. The molecule has 22 heavy (non-hydrogen) atoms. The van der Waals surface area contributed by atoms with E-state index in [1.54, 1.807) is 11.0 Å². The van der Waals surface area contributed by atoms with Gasteiger partial charge in [0.15, 0.2) is 0 Å². The smallest absolute Gasteiger partial charge is 0.224 e. The van der Waals surface area contributed by atoms with Gasteiger partial charge in [0.2, 0.25) is 5.91 Å². The first-order valence-electron chi connectivity index (χ1n) is 8.91. The number of hydrogen-bond donors (Lipinski definition) is 0. The van der Waals surface area contributed by atoms with Crippen molar-refractivity contribution in [2.75, 3.05) is 6.54 Å². The van der Waals surface area contributed by atoms with Crippen molar-refractivity contribution < 1.29 is 4.79 Å². The lowest BCUT2D eigenvalue weighted by molar-refractivity contribution is -0.132. The molecule has 3 fully saturated rings. The molecule has 1 aromatic heterocycles. The standard InChI is InChI=1S/C17H26N4O/c22-17(5-7-20-12-18-11-19-20)21-6-1-2-16(21)10-15-9-13-3-4-14(15)8-13/h11-16H,1-10H2/t13-,14-,15-,16-/m0/s1. The van der Waals surface area contributed by atoms with E-state index in [2.05, 4.69) is 15.0 Å². The van der Waals surface area contributed by atoms with Crippen LogP contribution in [-0.4, -0.2) is 38.2 Å². The van der Waals surface area contributed by atoms with Crippen molar-refractivity contribution >= 4 is 5.91 Å². The number of aryl methyl sites for hydroxylation is 1. The van der Waals surface area contributed by atoms with Gasteiger partial charge in [-0.25, -0.2) is 4.98 Å². The Morgan fingerprint density at radius 2 is 2.18 bits per heavy atom. The Hall–Kier alpha value is -1.39. The van der Waals surface area contributed by atoms with Crippen molar-refractivity contribution in [3.8, 4) is 0 Å². The summed E-state index contributed by atoms with van der Waals surface area (Å²) in [4.78, 5) is 18.6. The van der Waals surface area contributed by atoms with Crippen molar-refractivity contribution in [2.45, 2.75) is 64.0 Å². The summed E-state index contributed by atoms with van der Waals surface area (Å²) in [5.41, 5.74) is 0. The molecule has 2 aliphatic carbocycles. The van der Waals surface area contributed by atoms with Crippen LogP contribution < -0.4 is 0 Å². The Balaban J connectivity index is 1.31. The van der Waals surface area contributed by atoms with Gasteiger partial charge in [-0.15, -0.1) is 0 Å². The highest BCUT2D eigenvalue weighted by Crippen LogP contribution is 2.50. The number of carbonyl (C=O) groups excluding carboxylic acids is 1. The Morgan fingerprint density at radius 3 is 2.91 bits per heavy atom. The van der Waals surface area contributed by atoms with Crippen LogP contribution in [0.15, 0.2) is 12.7 Å². The van der Waals surface area contributed by atoms with E-state index in [4.69, 9.17) is 0 Å². The maximum Gasteiger partial charge on any atom is 0.224 e. The van der Waals surface area contributed by atoms with Crippen LogP contribution in [0.1, 0.15) is 51.4 Å². The first-order chi connectivity index (χ1) is 10.8. The SMILES string of the molecule is O=C(CCn1cncn1)N1CCC[C@H]1C[C@@H]1C[C@H]2CC[C@H]1C2. The van der Waals surface area contributed by atoms with Crippen LogP contribution in [0.3, 0.4) is 0 Å². The zero-order chi connectivity index (χ0) is 14.9. The Bertz CT molecular complexity index is 515. The lowest BCUT2D eigenvalue weighted by atomic mass is 9.83. The van der Waals surface area contributed by atoms with Crippen molar-refractivity contribution in [3.63, 3.8) is 0 Å². The van der Waals surface area contributed by atoms with Gasteiger partial charge in [-0.2, -0.15) is 5.10 Å². The normalized spacial score (nSPS) is 33.7. The Kier molecular flexibility index (Phi) is 3.89. The minimum absolute atomic E-state index is 0.307.